The Hall–Kier alpha value is -1.36. The van der Waals surface area contributed by atoms with E-state index in [1.54, 1.807) is 0 Å². The molecule has 0 aromatic carbocycles. The summed E-state index contributed by atoms with van der Waals surface area (Å²) in [4.78, 5) is 30.9. The topological polar surface area (TPSA) is 67.4 Å². The van der Waals surface area contributed by atoms with Crippen molar-refractivity contribution in [2.75, 3.05) is 13.1 Å². The van der Waals surface area contributed by atoms with Crippen LogP contribution in [0.4, 0.5) is 0 Å². The number of allylic oxidation sites excluding steroid dienone is 1. The first-order valence-corrected chi connectivity index (χ1v) is 15.9. The zero-order valence-electron chi connectivity index (χ0n) is 25.3. The van der Waals surface area contributed by atoms with Crippen LogP contribution in [0.5, 0.6) is 0 Å². The molecule has 1 amide bonds. The molecule has 0 rings (SSSR count). The van der Waals surface area contributed by atoms with E-state index in [9.17, 15) is 9.59 Å². The molecule has 0 fully saturated rings. The van der Waals surface area contributed by atoms with Crippen LogP contribution in [0.2, 0.25) is 0 Å². The second-order valence-corrected chi connectivity index (χ2v) is 10.9. The van der Waals surface area contributed by atoms with Crippen LogP contribution < -0.4 is 10.8 Å². The van der Waals surface area contributed by atoms with E-state index in [-0.39, 0.29) is 18.3 Å². The number of hydrogen-bond donors (Lipinski definition) is 2. The molecule has 0 saturated carbocycles. The van der Waals surface area contributed by atoms with E-state index < -0.39 is 5.92 Å². The summed E-state index contributed by atoms with van der Waals surface area (Å²) >= 11 is 0. The molecule has 2 N–H and O–H groups in total. The molecule has 0 bridgehead atoms. The minimum atomic E-state index is -0.478. The van der Waals surface area contributed by atoms with Gasteiger partial charge >= 0.3 is 5.97 Å². The molecule has 5 nitrogen and oxygen atoms in total. The van der Waals surface area contributed by atoms with Crippen molar-refractivity contribution in [1.29, 1.82) is 0 Å². The first-order valence-electron chi connectivity index (χ1n) is 15.9. The van der Waals surface area contributed by atoms with Crippen molar-refractivity contribution >= 4 is 11.9 Å². The van der Waals surface area contributed by atoms with E-state index in [1.165, 1.54) is 70.6 Å². The van der Waals surface area contributed by atoms with Gasteiger partial charge in [-0.2, -0.15) is 5.48 Å². The summed E-state index contributed by atoms with van der Waals surface area (Å²) in [6.07, 6.45) is 24.5. The monoisotopic (exact) mass is 522 g/mol. The molecule has 0 aliphatic rings. The minimum Gasteiger partial charge on any atom is -0.371 e. The number of nitrogens with one attached hydrogen (secondary N) is 2. The van der Waals surface area contributed by atoms with E-state index in [4.69, 9.17) is 4.84 Å². The van der Waals surface area contributed by atoms with Gasteiger partial charge in [-0.05, 0) is 37.5 Å². The lowest BCUT2D eigenvalue weighted by atomic mass is 9.98. The highest BCUT2D eigenvalue weighted by Gasteiger charge is 2.21. The van der Waals surface area contributed by atoms with Crippen molar-refractivity contribution in [3.8, 4) is 0 Å². The standard InChI is InChI=1S/C32H62N2O3/c1-6-11-14-15-16-17-18-19-20-21-24-30(32(36)33-26-28(9-4)22-12-7-2)25-31(35)37-34-27-29(10-5)23-13-8-3/h21,24,28-30,34H,6-20,22-23,25-27H2,1-5H3,(H,33,36). The van der Waals surface area contributed by atoms with Crippen LogP contribution in [0.15, 0.2) is 12.2 Å². The third kappa shape index (κ3) is 21.3. The number of hydroxylamine groups is 1. The number of unbranched alkanes of at least 4 members (excludes halogenated alkanes) is 10. The first-order chi connectivity index (χ1) is 18.0. The van der Waals surface area contributed by atoms with Crippen LogP contribution in [0.25, 0.3) is 0 Å². The van der Waals surface area contributed by atoms with Gasteiger partial charge in [-0.25, -0.2) is 0 Å². The van der Waals surface area contributed by atoms with Gasteiger partial charge in [0.05, 0.1) is 12.3 Å². The summed E-state index contributed by atoms with van der Waals surface area (Å²) in [6.45, 7) is 12.3. The van der Waals surface area contributed by atoms with Gasteiger partial charge < -0.3 is 10.2 Å². The molecule has 0 aromatic heterocycles. The van der Waals surface area contributed by atoms with Gasteiger partial charge in [-0.15, -0.1) is 0 Å². The molecule has 3 atom stereocenters. The van der Waals surface area contributed by atoms with Crippen molar-refractivity contribution < 1.29 is 14.4 Å². The van der Waals surface area contributed by atoms with E-state index in [0.29, 0.717) is 24.9 Å². The molecule has 218 valence electrons. The Bertz CT molecular complexity index is 564. The highest BCUT2D eigenvalue weighted by molar-refractivity contribution is 5.85. The van der Waals surface area contributed by atoms with Crippen LogP contribution in [-0.4, -0.2) is 25.0 Å². The van der Waals surface area contributed by atoms with Gasteiger partial charge in [-0.3, -0.25) is 9.59 Å². The summed E-state index contributed by atoms with van der Waals surface area (Å²) in [7, 11) is 0. The molecule has 0 radical (unpaired) electrons. The Morgan fingerprint density at radius 2 is 1.24 bits per heavy atom. The predicted octanol–water partition coefficient (Wildman–Crippen LogP) is 8.68. The summed E-state index contributed by atoms with van der Waals surface area (Å²) in [5, 5.41) is 3.12. The smallest absolute Gasteiger partial charge is 0.325 e. The van der Waals surface area contributed by atoms with Crippen LogP contribution >= 0.6 is 0 Å². The molecule has 0 aliphatic carbocycles. The minimum absolute atomic E-state index is 0.0616. The Morgan fingerprint density at radius 3 is 1.81 bits per heavy atom. The molecular formula is C32H62N2O3. The fourth-order valence-corrected chi connectivity index (χ4v) is 4.63. The average molecular weight is 523 g/mol. The van der Waals surface area contributed by atoms with Crippen molar-refractivity contribution in [3.05, 3.63) is 12.2 Å². The lowest BCUT2D eigenvalue weighted by Gasteiger charge is -2.18. The average Bonchev–Trinajstić information content (AvgIpc) is 2.90. The van der Waals surface area contributed by atoms with Crippen molar-refractivity contribution in [1.82, 2.24) is 10.8 Å². The zero-order valence-corrected chi connectivity index (χ0v) is 25.3. The van der Waals surface area contributed by atoms with Crippen LogP contribution in [0, 0.1) is 17.8 Å². The summed E-state index contributed by atoms with van der Waals surface area (Å²) in [5.74, 6) is 0.101. The largest absolute Gasteiger partial charge is 0.371 e. The molecule has 0 heterocycles. The molecule has 0 aromatic rings. The van der Waals surface area contributed by atoms with Crippen LogP contribution in [0.3, 0.4) is 0 Å². The molecule has 0 saturated heterocycles. The van der Waals surface area contributed by atoms with Crippen molar-refractivity contribution in [2.24, 2.45) is 17.8 Å². The number of amides is 1. The maximum Gasteiger partial charge on any atom is 0.325 e. The van der Waals surface area contributed by atoms with Gasteiger partial charge in [0.2, 0.25) is 5.91 Å². The van der Waals surface area contributed by atoms with E-state index >= 15 is 0 Å². The van der Waals surface area contributed by atoms with Gasteiger partial charge in [0.25, 0.3) is 0 Å². The van der Waals surface area contributed by atoms with E-state index in [1.807, 2.05) is 6.08 Å². The molecule has 37 heavy (non-hydrogen) atoms. The van der Waals surface area contributed by atoms with E-state index in [0.717, 1.165) is 38.5 Å². The quantitative estimate of drug-likeness (QED) is 0.0677. The van der Waals surface area contributed by atoms with Crippen molar-refractivity contribution in [3.63, 3.8) is 0 Å². The lowest BCUT2D eigenvalue weighted by molar-refractivity contribution is -0.153. The summed E-state index contributed by atoms with van der Waals surface area (Å²) in [6, 6.07) is 0. The molecular weight excluding hydrogens is 460 g/mol. The first kappa shape index (κ1) is 35.6. The molecule has 5 heteroatoms. The third-order valence-corrected chi connectivity index (χ3v) is 7.53. The SMILES string of the molecule is CCCCCCCCCCC=CC(CC(=O)ONCC(CC)CCCC)C(=O)NCC(CC)CCCC. The molecule has 3 unspecified atom stereocenters. The fourth-order valence-electron chi connectivity index (χ4n) is 4.63. The fraction of sp³-hybridized carbons (Fsp3) is 0.875. The third-order valence-electron chi connectivity index (χ3n) is 7.53. The number of carbonyl (C=O) groups excluding carboxylic acids is 2. The van der Waals surface area contributed by atoms with Gasteiger partial charge in [0.1, 0.15) is 0 Å². The van der Waals surface area contributed by atoms with Crippen LogP contribution in [-0.2, 0) is 14.4 Å². The molecule has 0 aliphatic heterocycles. The van der Waals surface area contributed by atoms with Gasteiger partial charge in [0, 0.05) is 13.1 Å². The highest BCUT2D eigenvalue weighted by Crippen LogP contribution is 2.15. The maximum atomic E-state index is 13.0. The zero-order chi connectivity index (χ0) is 27.6. The lowest BCUT2D eigenvalue weighted by Crippen LogP contribution is -2.35. The Kier molecular flexibility index (Phi) is 25.3. The predicted molar refractivity (Wildman–Crippen MR) is 158 cm³/mol. The van der Waals surface area contributed by atoms with Crippen LogP contribution in [0.1, 0.15) is 150 Å². The number of carbonyl (C=O) groups is 2. The number of hydrogen-bond acceptors (Lipinski definition) is 4. The Balaban J connectivity index is 4.69. The second-order valence-electron chi connectivity index (χ2n) is 10.9. The second kappa shape index (κ2) is 26.3. The summed E-state index contributed by atoms with van der Waals surface area (Å²) in [5.41, 5.74) is 2.88. The normalized spacial score (nSPS) is 14.0. The van der Waals surface area contributed by atoms with Gasteiger partial charge in [-0.1, -0.05) is 130 Å². The van der Waals surface area contributed by atoms with Crippen molar-refractivity contribution in [2.45, 2.75) is 150 Å². The van der Waals surface area contributed by atoms with Gasteiger partial charge in [0.15, 0.2) is 0 Å². The Morgan fingerprint density at radius 1 is 0.703 bits per heavy atom. The molecule has 0 spiro atoms. The maximum absolute atomic E-state index is 13.0. The Labute approximate surface area is 230 Å². The summed E-state index contributed by atoms with van der Waals surface area (Å²) < 4.78 is 0. The number of rotatable bonds is 26. The highest BCUT2D eigenvalue weighted by atomic mass is 16.7. The van der Waals surface area contributed by atoms with E-state index in [2.05, 4.69) is 51.5 Å².